The summed E-state index contributed by atoms with van der Waals surface area (Å²) >= 11 is 0. The van der Waals surface area contributed by atoms with Crippen LogP contribution in [0.15, 0.2) is 41.9 Å². The summed E-state index contributed by atoms with van der Waals surface area (Å²) in [6.07, 6.45) is 1.61. The number of amides is 1. The molecule has 0 spiro atoms. The minimum atomic E-state index is -4.42. The molecule has 2 aliphatic heterocycles. The Morgan fingerprint density at radius 2 is 1.85 bits per heavy atom. The van der Waals surface area contributed by atoms with Crippen LogP contribution < -0.4 is 19.7 Å². The van der Waals surface area contributed by atoms with Crippen LogP contribution in [-0.4, -0.2) is 52.1 Å². The number of nitrogens with zero attached hydrogens (tertiary/aromatic N) is 4. The van der Waals surface area contributed by atoms with Gasteiger partial charge in [0.1, 0.15) is 6.54 Å². The molecule has 4 rings (SSSR count). The molecular formula is C23H26F3N5O3. The molecule has 1 N–H and O–H groups in total. The van der Waals surface area contributed by atoms with Gasteiger partial charge in [-0.2, -0.15) is 18.3 Å². The third-order valence-electron chi connectivity index (χ3n) is 6.60. The van der Waals surface area contributed by atoms with Gasteiger partial charge in [-0.15, -0.1) is 0 Å². The first-order chi connectivity index (χ1) is 15.8. The molecular weight excluding hydrogens is 451 g/mol. The van der Waals surface area contributed by atoms with Crippen molar-refractivity contribution in [3.8, 4) is 11.6 Å². The average Bonchev–Trinajstić information content (AvgIpc) is 3.23. The molecule has 1 saturated heterocycles. The summed E-state index contributed by atoms with van der Waals surface area (Å²) in [5.74, 6) is 0.519. The summed E-state index contributed by atoms with van der Waals surface area (Å²) in [5, 5.41) is 7.31. The molecule has 1 amide bonds. The van der Waals surface area contributed by atoms with E-state index in [-0.39, 0.29) is 5.91 Å². The standard InChI is InChI=1S/C23H26F3N5O3/c1-13-7-16(14-8-17(33-5)19(34-6)27-9-14)29-22(4)18(13)20(32)31(21(22,2)3)15-10-28-30(11-15)12-23(24,25)26/h7-11,29H,12H2,1-6H3. The second-order valence-corrected chi connectivity index (χ2v) is 9.01. The maximum atomic E-state index is 13.6. The third kappa shape index (κ3) is 3.59. The molecule has 182 valence electrons. The number of anilines is 1. The predicted molar refractivity (Wildman–Crippen MR) is 119 cm³/mol. The van der Waals surface area contributed by atoms with Crippen molar-refractivity contribution < 1.29 is 27.4 Å². The molecule has 1 fully saturated rings. The number of alkyl halides is 3. The first-order valence-corrected chi connectivity index (χ1v) is 10.6. The van der Waals surface area contributed by atoms with Gasteiger partial charge >= 0.3 is 6.18 Å². The van der Waals surface area contributed by atoms with Crippen molar-refractivity contribution in [3.05, 3.63) is 47.4 Å². The number of fused-ring (bicyclic) bond motifs is 1. The highest BCUT2D eigenvalue weighted by Crippen LogP contribution is 2.49. The van der Waals surface area contributed by atoms with Crippen LogP contribution in [0.3, 0.4) is 0 Å². The largest absolute Gasteiger partial charge is 0.491 e. The van der Waals surface area contributed by atoms with Gasteiger partial charge < -0.3 is 14.8 Å². The zero-order valence-corrected chi connectivity index (χ0v) is 19.7. The van der Waals surface area contributed by atoms with Crippen LogP contribution >= 0.6 is 0 Å². The summed E-state index contributed by atoms with van der Waals surface area (Å²) < 4.78 is 49.9. The van der Waals surface area contributed by atoms with Gasteiger partial charge in [0.25, 0.3) is 11.8 Å². The van der Waals surface area contributed by atoms with E-state index in [0.717, 1.165) is 21.5 Å². The number of rotatable bonds is 5. The Labute approximate surface area is 195 Å². The van der Waals surface area contributed by atoms with Crippen LogP contribution in [-0.2, 0) is 11.3 Å². The van der Waals surface area contributed by atoms with Crippen molar-refractivity contribution in [2.24, 2.45) is 0 Å². The van der Waals surface area contributed by atoms with Gasteiger partial charge in [-0.3, -0.25) is 14.4 Å². The van der Waals surface area contributed by atoms with Crippen LogP contribution in [0.2, 0.25) is 0 Å². The van der Waals surface area contributed by atoms with Crippen molar-refractivity contribution in [2.75, 3.05) is 19.1 Å². The molecule has 11 heteroatoms. The maximum Gasteiger partial charge on any atom is 0.408 e. The van der Waals surface area contributed by atoms with Crippen molar-refractivity contribution >= 4 is 17.3 Å². The summed E-state index contributed by atoms with van der Waals surface area (Å²) in [4.78, 5) is 19.4. The Balaban J connectivity index is 1.74. The highest BCUT2D eigenvalue weighted by atomic mass is 19.4. The number of ether oxygens (including phenoxy) is 2. The number of allylic oxidation sites excluding steroid dienone is 2. The summed E-state index contributed by atoms with van der Waals surface area (Å²) in [7, 11) is 3.02. The Bertz CT molecular complexity index is 1210. The lowest BCUT2D eigenvalue weighted by molar-refractivity contribution is -0.142. The van der Waals surface area contributed by atoms with E-state index < -0.39 is 23.8 Å². The number of nitrogens with one attached hydrogen (secondary N) is 1. The third-order valence-corrected chi connectivity index (χ3v) is 6.60. The topological polar surface area (TPSA) is 81.5 Å². The number of hydrogen-bond donors (Lipinski definition) is 1. The normalized spacial score (nSPS) is 21.9. The Morgan fingerprint density at radius 3 is 2.47 bits per heavy atom. The van der Waals surface area contributed by atoms with Gasteiger partial charge in [-0.1, -0.05) is 0 Å². The Hall–Kier alpha value is -3.50. The number of carbonyl (C=O) groups excluding carboxylic acids is 1. The first kappa shape index (κ1) is 23.7. The van der Waals surface area contributed by atoms with E-state index >= 15 is 0 Å². The monoisotopic (exact) mass is 477 g/mol. The van der Waals surface area contributed by atoms with Gasteiger partial charge in [0.2, 0.25) is 0 Å². The van der Waals surface area contributed by atoms with E-state index in [1.165, 1.54) is 31.5 Å². The molecule has 0 aromatic carbocycles. The van der Waals surface area contributed by atoms with Crippen LogP contribution in [0.5, 0.6) is 11.6 Å². The minimum Gasteiger partial charge on any atom is -0.491 e. The fraction of sp³-hybridized carbons (Fsp3) is 0.435. The van der Waals surface area contributed by atoms with E-state index in [2.05, 4.69) is 15.4 Å². The van der Waals surface area contributed by atoms with Crippen LogP contribution in [0.4, 0.5) is 18.9 Å². The molecule has 0 saturated carbocycles. The maximum absolute atomic E-state index is 13.6. The van der Waals surface area contributed by atoms with Crippen molar-refractivity contribution in [3.63, 3.8) is 0 Å². The smallest absolute Gasteiger partial charge is 0.408 e. The second-order valence-electron chi connectivity index (χ2n) is 9.01. The second kappa shape index (κ2) is 7.78. The molecule has 2 aliphatic rings. The number of aromatic nitrogens is 3. The van der Waals surface area contributed by atoms with Crippen molar-refractivity contribution in [1.82, 2.24) is 20.1 Å². The number of carbonyl (C=O) groups is 1. The van der Waals surface area contributed by atoms with Gasteiger partial charge in [-0.25, -0.2) is 4.98 Å². The molecule has 1 atom stereocenters. The van der Waals surface area contributed by atoms with Crippen molar-refractivity contribution in [1.29, 1.82) is 0 Å². The minimum absolute atomic E-state index is 0.287. The lowest BCUT2D eigenvalue weighted by Gasteiger charge is -2.45. The van der Waals surface area contributed by atoms with Crippen LogP contribution in [0.1, 0.15) is 33.3 Å². The summed E-state index contributed by atoms with van der Waals surface area (Å²) in [6.45, 7) is 6.26. The van der Waals surface area contributed by atoms with Gasteiger partial charge in [-0.05, 0) is 45.4 Å². The number of methoxy groups -OCH3 is 2. The summed E-state index contributed by atoms with van der Waals surface area (Å²) in [6, 6.07) is 1.79. The van der Waals surface area contributed by atoms with Crippen LogP contribution in [0, 0.1) is 0 Å². The molecule has 0 aliphatic carbocycles. The van der Waals surface area contributed by atoms with E-state index in [9.17, 15) is 18.0 Å². The van der Waals surface area contributed by atoms with E-state index in [0.29, 0.717) is 22.9 Å². The highest BCUT2D eigenvalue weighted by molar-refractivity contribution is 6.13. The molecule has 2 aromatic rings. The molecule has 1 unspecified atom stereocenters. The van der Waals surface area contributed by atoms with E-state index in [4.69, 9.17) is 9.47 Å². The van der Waals surface area contributed by atoms with Crippen molar-refractivity contribution in [2.45, 2.75) is 51.5 Å². The fourth-order valence-electron chi connectivity index (χ4n) is 4.69. The predicted octanol–water partition coefficient (Wildman–Crippen LogP) is 3.70. The SMILES string of the molecule is COc1cc(C2=CC(C)=C3C(=O)N(c4cnn(CC(F)(F)F)c4)C(C)(C)C3(C)N2)cnc1OC. The fourth-order valence-corrected chi connectivity index (χ4v) is 4.69. The Kier molecular flexibility index (Phi) is 5.41. The molecule has 4 heterocycles. The molecule has 0 radical (unpaired) electrons. The lowest BCUT2D eigenvalue weighted by atomic mass is 9.75. The van der Waals surface area contributed by atoms with E-state index in [1.807, 2.05) is 33.8 Å². The van der Waals surface area contributed by atoms with Crippen LogP contribution in [0.25, 0.3) is 5.70 Å². The van der Waals surface area contributed by atoms with Gasteiger partial charge in [0, 0.05) is 29.2 Å². The molecule has 0 bridgehead atoms. The number of pyridine rings is 1. The number of halogens is 3. The molecule has 34 heavy (non-hydrogen) atoms. The van der Waals surface area contributed by atoms with E-state index in [1.54, 1.807) is 12.3 Å². The quantitative estimate of drug-likeness (QED) is 0.707. The molecule has 8 nitrogen and oxygen atoms in total. The zero-order chi connectivity index (χ0) is 25.1. The highest BCUT2D eigenvalue weighted by Gasteiger charge is 2.60. The Morgan fingerprint density at radius 1 is 1.15 bits per heavy atom. The van der Waals surface area contributed by atoms with Gasteiger partial charge in [0.15, 0.2) is 5.75 Å². The first-order valence-electron chi connectivity index (χ1n) is 10.6. The summed E-state index contributed by atoms with van der Waals surface area (Å²) in [5.41, 5.74) is 1.33. The zero-order valence-electron chi connectivity index (χ0n) is 19.7. The lowest BCUT2D eigenvalue weighted by Crippen LogP contribution is -2.60. The number of dihydropyridines is 1. The molecule has 2 aromatic heterocycles. The van der Waals surface area contributed by atoms with Gasteiger partial charge in [0.05, 0.1) is 37.2 Å². The number of hydrogen-bond acceptors (Lipinski definition) is 6. The average molecular weight is 477 g/mol.